The molecule has 0 spiro atoms. The van der Waals surface area contributed by atoms with Crippen molar-refractivity contribution in [3.8, 4) is 0 Å². The Labute approximate surface area is 118 Å². The van der Waals surface area contributed by atoms with Crippen LogP contribution >= 0.6 is 27.3 Å². The normalized spacial score (nSPS) is 12.1. The van der Waals surface area contributed by atoms with Gasteiger partial charge in [-0.1, -0.05) is 0 Å². The number of nitrogen functional groups attached to an aromatic ring is 1. The van der Waals surface area contributed by atoms with Crippen LogP contribution in [0.25, 0.3) is 0 Å². The first-order valence-electron chi connectivity index (χ1n) is 5.46. The van der Waals surface area contributed by atoms with Gasteiger partial charge in [-0.15, -0.1) is 0 Å². The Morgan fingerprint density at radius 1 is 1.44 bits per heavy atom. The van der Waals surface area contributed by atoms with E-state index in [9.17, 15) is 4.79 Å². The minimum Gasteiger partial charge on any atom is -0.398 e. The van der Waals surface area contributed by atoms with E-state index in [-0.39, 0.29) is 11.9 Å². The van der Waals surface area contributed by atoms with Gasteiger partial charge in [-0.3, -0.25) is 4.79 Å². The van der Waals surface area contributed by atoms with E-state index in [1.807, 2.05) is 23.8 Å². The molecule has 18 heavy (non-hydrogen) atoms. The quantitative estimate of drug-likeness (QED) is 0.848. The van der Waals surface area contributed by atoms with Gasteiger partial charge in [0.05, 0.1) is 6.04 Å². The smallest absolute Gasteiger partial charge is 0.251 e. The van der Waals surface area contributed by atoms with Crippen LogP contribution in [0.3, 0.4) is 0 Å². The van der Waals surface area contributed by atoms with Crippen molar-refractivity contribution in [2.75, 3.05) is 5.73 Å². The minimum atomic E-state index is -0.118. The number of nitrogens with one attached hydrogen (secondary N) is 1. The second-order valence-corrected chi connectivity index (χ2v) is 5.62. The second kappa shape index (κ2) is 5.54. The van der Waals surface area contributed by atoms with E-state index < -0.39 is 0 Å². The van der Waals surface area contributed by atoms with E-state index >= 15 is 0 Å². The van der Waals surface area contributed by atoms with Crippen LogP contribution in [-0.2, 0) is 0 Å². The third-order valence-electron chi connectivity index (χ3n) is 2.65. The van der Waals surface area contributed by atoms with E-state index in [2.05, 4.69) is 21.2 Å². The number of carbonyl (C=O) groups is 1. The molecule has 0 aliphatic heterocycles. The highest BCUT2D eigenvalue weighted by molar-refractivity contribution is 9.10. The Hall–Kier alpha value is -1.33. The van der Waals surface area contributed by atoms with Crippen LogP contribution in [0.4, 0.5) is 5.69 Å². The van der Waals surface area contributed by atoms with Crippen molar-refractivity contribution in [1.82, 2.24) is 5.32 Å². The molecule has 1 aromatic carbocycles. The van der Waals surface area contributed by atoms with Gasteiger partial charge in [0, 0.05) is 15.7 Å². The number of benzene rings is 1. The minimum absolute atomic E-state index is 0.00591. The van der Waals surface area contributed by atoms with Gasteiger partial charge in [-0.25, -0.2) is 0 Å². The molecule has 0 bridgehead atoms. The topological polar surface area (TPSA) is 55.1 Å². The molecule has 1 atom stereocenters. The van der Waals surface area contributed by atoms with Crippen LogP contribution in [0.5, 0.6) is 0 Å². The lowest BCUT2D eigenvalue weighted by atomic mass is 10.1. The standard InChI is InChI=1S/C13H13BrN2OS/c1-8(10-4-5-18-7-10)16-13(17)9-2-3-11(14)12(15)6-9/h2-8H,15H2,1H3,(H,16,17). The maximum absolute atomic E-state index is 12.0. The fourth-order valence-electron chi connectivity index (χ4n) is 1.57. The number of carbonyl (C=O) groups excluding carboxylic acids is 1. The zero-order valence-corrected chi connectivity index (χ0v) is 12.2. The molecule has 5 heteroatoms. The Bertz CT molecular complexity index is 554. The van der Waals surface area contributed by atoms with Crippen molar-refractivity contribution < 1.29 is 4.79 Å². The van der Waals surface area contributed by atoms with E-state index in [0.29, 0.717) is 11.3 Å². The fourth-order valence-corrected chi connectivity index (χ4v) is 2.57. The summed E-state index contributed by atoms with van der Waals surface area (Å²) in [6.07, 6.45) is 0. The first kappa shape index (κ1) is 13.1. The molecule has 2 aromatic rings. The Balaban J connectivity index is 2.10. The summed E-state index contributed by atoms with van der Waals surface area (Å²) in [6, 6.07) is 7.19. The molecular formula is C13H13BrN2OS. The number of halogens is 1. The lowest BCUT2D eigenvalue weighted by Crippen LogP contribution is -2.26. The number of rotatable bonds is 3. The lowest BCUT2D eigenvalue weighted by molar-refractivity contribution is 0.0940. The van der Waals surface area contributed by atoms with Crippen LogP contribution < -0.4 is 11.1 Å². The molecular weight excluding hydrogens is 312 g/mol. The van der Waals surface area contributed by atoms with E-state index in [1.54, 1.807) is 29.5 Å². The molecule has 0 aliphatic carbocycles. The zero-order valence-electron chi connectivity index (χ0n) is 9.81. The summed E-state index contributed by atoms with van der Waals surface area (Å²) in [7, 11) is 0. The van der Waals surface area contributed by atoms with E-state index in [4.69, 9.17) is 5.73 Å². The maximum atomic E-state index is 12.0. The predicted octanol–water partition coefficient (Wildman–Crippen LogP) is 3.58. The first-order chi connectivity index (χ1) is 8.58. The lowest BCUT2D eigenvalue weighted by Gasteiger charge is -2.13. The first-order valence-corrected chi connectivity index (χ1v) is 7.19. The predicted molar refractivity (Wildman–Crippen MR) is 78.8 cm³/mol. The van der Waals surface area contributed by atoms with Gasteiger partial charge in [-0.05, 0) is 63.4 Å². The summed E-state index contributed by atoms with van der Waals surface area (Å²) < 4.78 is 0.796. The number of thiophene rings is 1. The molecule has 0 aliphatic rings. The number of hydrogen-bond donors (Lipinski definition) is 2. The fraction of sp³-hybridized carbons (Fsp3) is 0.154. The van der Waals surface area contributed by atoms with Gasteiger partial charge in [0.1, 0.15) is 0 Å². The monoisotopic (exact) mass is 324 g/mol. The molecule has 0 radical (unpaired) electrons. The average molecular weight is 325 g/mol. The maximum Gasteiger partial charge on any atom is 0.251 e. The van der Waals surface area contributed by atoms with Gasteiger partial charge in [0.15, 0.2) is 0 Å². The SMILES string of the molecule is CC(NC(=O)c1ccc(Br)c(N)c1)c1ccsc1. The molecule has 1 heterocycles. The largest absolute Gasteiger partial charge is 0.398 e. The molecule has 1 unspecified atom stereocenters. The highest BCUT2D eigenvalue weighted by Gasteiger charge is 2.12. The third kappa shape index (κ3) is 2.91. The van der Waals surface area contributed by atoms with Crippen LogP contribution in [0, 0.1) is 0 Å². The number of nitrogens with two attached hydrogens (primary N) is 1. The van der Waals surface area contributed by atoms with Gasteiger partial charge >= 0.3 is 0 Å². The third-order valence-corrected chi connectivity index (χ3v) is 4.07. The molecule has 0 fully saturated rings. The van der Waals surface area contributed by atoms with Gasteiger partial charge in [0.25, 0.3) is 5.91 Å². The Morgan fingerprint density at radius 2 is 2.22 bits per heavy atom. The number of anilines is 1. The molecule has 3 N–H and O–H groups in total. The van der Waals surface area contributed by atoms with Crippen molar-refractivity contribution in [2.24, 2.45) is 0 Å². The summed E-state index contributed by atoms with van der Waals surface area (Å²) in [4.78, 5) is 12.0. The number of hydrogen-bond acceptors (Lipinski definition) is 3. The Morgan fingerprint density at radius 3 is 2.83 bits per heavy atom. The Kier molecular flexibility index (Phi) is 4.04. The van der Waals surface area contributed by atoms with Crippen molar-refractivity contribution in [3.63, 3.8) is 0 Å². The summed E-state index contributed by atoms with van der Waals surface area (Å²) in [5.74, 6) is -0.118. The molecule has 0 saturated carbocycles. The molecule has 0 saturated heterocycles. The molecule has 3 nitrogen and oxygen atoms in total. The molecule has 1 amide bonds. The van der Waals surface area contributed by atoms with Crippen LogP contribution in [0.15, 0.2) is 39.5 Å². The van der Waals surface area contributed by atoms with Crippen LogP contribution in [0.2, 0.25) is 0 Å². The highest BCUT2D eigenvalue weighted by atomic mass is 79.9. The molecule has 94 valence electrons. The van der Waals surface area contributed by atoms with Crippen molar-refractivity contribution in [3.05, 3.63) is 50.6 Å². The van der Waals surface area contributed by atoms with Gasteiger partial charge in [-0.2, -0.15) is 11.3 Å². The average Bonchev–Trinajstić information content (AvgIpc) is 2.86. The van der Waals surface area contributed by atoms with E-state index in [1.165, 1.54) is 0 Å². The summed E-state index contributed by atoms with van der Waals surface area (Å²) in [5, 5.41) is 6.97. The summed E-state index contributed by atoms with van der Waals surface area (Å²) >= 11 is 4.92. The molecule has 1 aromatic heterocycles. The highest BCUT2D eigenvalue weighted by Crippen LogP contribution is 2.21. The van der Waals surface area contributed by atoms with Crippen molar-refractivity contribution in [1.29, 1.82) is 0 Å². The van der Waals surface area contributed by atoms with E-state index in [0.717, 1.165) is 10.0 Å². The number of amides is 1. The molecule has 2 rings (SSSR count). The van der Waals surface area contributed by atoms with Crippen molar-refractivity contribution >= 4 is 38.9 Å². The van der Waals surface area contributed by atoms with Crippen molar-refractivity contribution in [2.45, 2.75) is 13.0 Å². The van der Waals surface area contributed by atoms with Gasteiger partial charge in [0.2, 0.25) is 0 Å². The zero-order chi connectivity index (χ0) is 13.1. The summed E-state index contributed by atoms with van der Waals surface area (Å²) in [5.41, 5.74) is 8.00. The second-order valence-electron chi connectivity index (χ2n) is 3.99. The van der Waals surface area contributed by atoms with Crippen LogP contribution in [-0.4, -0.2) is 5.91 Å². The van der Waals surface area contributed by atoms with Crippen LogP contribution in [0.1, 0.15) is 28.9 Å². The van der Waals surface area contributed by atoms with Gasteiger partial charge < -0.3 is 11.1 Å². The summed E-state index contributed by atoms with van der Waals surface area (Å²) in [6.45, 7) is 1.96.